The third-order valence-corrected chi connectivity index (χ3v) is 6.61. The molecule has 5 nitrogen and oxygen atoms in total. The molecule has 4 rings (SSSR count). The predicted octanol–water partition coefficient (Wildman–Crippen LogP) is 3.57. The van der Waals surface area contributed by atoms with Crippen LogP contribution in [0.1, 0.15) is 31.2 Å². The second kappa shape index (κ2) is 6.76. The van der Waals surface area contributed by atoms with Gasteiger partial charge in [-0.2, -0.15) is 0 Å². The van der Waals surface area contributed by atoms with Crippen LogP contribution < -0.4 is 9.62 Å². The Kier molecular flexibility index (Phi) is 4.44. The number of para-hydroxylation sites is 1. The van der Waals surface area contributed by atoms with E-state index >= 15 is 0 Å². The van der Waals surface area contributed by atoms with Crippen molar-refractivity contribution in [2.24, 2.45) is 5.92 Å². The molecular weight excluding hydrogens is 348 g/mol. The summed E-state index contributed by atoms with van der Waals surface area (Å²) in [4.78, 5) is 14.7. The minimum atomic E-state index is -3.65. The van der Waals surface area contributed by atoms with Crippen LogP contribution in [0.15, 0.2) is 53.4 Å². The van der Waals surface area contributed by atoms with Crippen molar-refractivity contribution in [3.63, 3.8) is 0 Å². The monoisotopic (exact) mass is 370 g/mol. The Labute approximate surface area is 154 Å². The number of amides is 1. The molecule has 1 amide bonds. The fourth-order valence-corrected chi connectivity index (χ4v) is 4.67. The Hall–Kier alpha value is -2.34. The number of nitrogens with zero attached hydrogens (tertiary/aromatic N) is 1. The zero-order chi connectivity index (χ0) is 18.1. The molecule has 26 heavy (non-hydrogen) atoms. The highest BCUT2D eigenvalue weighted by molar-refractivity contribution is 7.92. The van der Waals surface area contributed by atoms with Crippen molar-refractivity contribution in [3.05, 3.63) is 54.1 Å². The lowest BCUT2D eigenvalue weighted by molar-refractivity contribution is -0.124. The zero-order valence-corrected chi connectivity index (χ0v) is 15.3. The van der Waals surface area contributed by atoms with E-state index in [0.717, 1.165) is 49.9 Å². The van der Waals surface area contributed by atoms with Gasteiger partial charge in [-0.25, -0.2) is 8.42 Å². The minimum Gasteiger partial charge on any atom is -0.312 e. The summed E-state index contributed by atoms with van der Waals surface area (Å²) in [6.45, 7) is 0.719. The third kappa shape index (κ3) is 3.21. The average Bonchev–Trinajstić information content (AvgIpc) is 2.59. The van der Waals surface area contributed by atoms with Crippen LogP contribution in [0.4, 0.5) is 11.4 Å². The lowest BCUT2D eigenvalue weighted by Gasteiger charge is -2.35. The van der Waals surface area contributed by atoms with Crippen molar-refractivity contribution < 1.29 is 13.2 Å². The summed E-state index contributed by atoms with van der Waals surface area (Å²) < 4.78 is 28.0. The van der Waals surface area contributed by atoms with Crippen molar-refractivity contribution in [1.82, 2.24) is 0 Å². The quantitative estimate of drug-likeness (QED) is 0.895. The summed E-state index contributed by atoms with van der Waals surface area (Å²) >= 11 is 0. The Morgan fingerprint density at radius 2 is 1.81 bits per heavy atom. The summed E-state index contributed by atoms with van der Waals surface area (Å²) in [7, 11) is -3.65. The number of hydrogen-bond acceptors (Lipinski definition) is 3. The number of nitrogens with one attached hydrogen (secondary N) is 1. The molecule has 1 N–H and O–H groups in total. The van der Waals surface area contributed by atoms with E-state index in [1.165, 1.54) is 0 Å². The van der Waals surface area contributed by atoms with Gasteiger partial charge in [0.25, 0.3) is 10.0 Å². The molecule has 0 aromatic heterocycles. The zero-order valence-electron chi connectivity index (χ0n) is 14.5. The number of anilines is 2. The molecule has 2 aromatic carbocycles. The van der Waals surface area contributed by atoms with Gasteiger partial charge < -0.3 is 4.90 Å². The highest BCUT2D eigenvalue weighted by Gasteiger charge is 2.32. The molecule has 1 aliphatic heterocycles. The third-order valence-electron chi connectivity index (χ3n) is 5.23. The van der Waals surface area contributed by atoms with Crippen LogP contribution in [0.25, 0.3) is 0 Å². The fraction of sp³-hybridized carbons (Fsp3) is 0.350. The standard InChI is InChI=1S/C20H22N2O3S/c23-20(15-6-4-7-15)22-13-5-8-16-14-18(11-12-19(16)22)26(24,25)21-17-9-2-1-3-10-17/h1-3,9-12,14-15,21H,4-8,13H2. The largest absolute Gasteiger partial charge is 0.312 e. The number of carbonyl (C=O) groups is 1. The van der Waals surface area contributed by atoms with Gasteiger partial charge in [-0.1, -0.05) is 24.6 Å². The van der Waals surface area contributed by atoms with Gasteiger partial charge >= 0.3 is 0 Å². The van der Waals surface area contributed by atoms with Gasteiger partial charge in [-0.15, -0.1) is 0 Å². The maximum atomic E-state index is 12.7. The van der Waals surface area contributed by atoms with Gasteiger partial charge in [-0.3, -0.25) is 9.52 Å². The van der Waals surface area contributed by atoms with Crippen LogP contribution >= 0.6 is 0 Å². The first-order valence-corrected chi connectivity index (χ1v) is 10.5. The Balaban J connectivity index is 1.61. The molecule has 0 radical (unpaired) electrons. The van der Waals surface area contributed by atoms with E-state index in [-0.39, 0.29) is 16.7 Å². The normalized spacial score (nSPS) is 17.3. The summed E-state index contributed by atoms with van der Waals surface area (Å²) in [6, 6.07) is 13.9. The summed E-state index contributed by atoms with van der Waals surface area (Å²) in [5.41, 5.74) is 2.33. The van der Waals surface area contributed by atoms with Gasteiger partial charge in [0.15, 0.2) is 0 Å². The number of fused-ring (bicyclic) bond motifs is 1. The lowest BCUT2D eigenvalue weighted by atomic mass is 9.83. The van der Waals surface area contributed by atoms with Crippen molar-refractivity contribution in [3.8, 4) is 0 Å². The first-order valence-electron chi connectivity index (χ1n) is 9.07. The molecule has 1 saturated carbocycles. The van der Waals surface area contributed by atoms with Crippen LogP contribution in [0.5, 0.6) is 0 Å². The first-order chi connectivity index (χ1) is 12.5. The SMILES string of the molecule is O=C(C1CCC1)N1CCCc2cc(S(=O)(=O)Nc3ccccc3)ccc21. The topological polar surface area (TPSA) is 66.5 Å². The van der Waals surface area contributed by atoms with Crippen LogP contribution in [0.3, 0.4) is 0 Å². The second-order valence-electron chi connectivity index (χ2n) is 6.98. The van der Waals surface area contributed by atoms with Gasteiger partial charge in [0.05, 0.1) is 4.90 Å². The molecule has 1 fully saturated rings. The molecule has 1 aliphatic carbocycles. The average molecular weight is 370 g/mol. The second-order valence-corrected chi connectivity index (χ2v) is 8.67. The van der Waals surface area contributed by atoms with Crippen LogP contribution in [0.2, 0.25) is 0 Å². The van der Waals surface area contributed by atoms with Gasteiger partial charge in [0.1, 0.15) is 0 Å². The number of rotatable bonds is 4. The Morgan fingerprint density at radius 1 is 1.04 bits per heavy atom. The highest BCUT2D eigenvalue weighted by Crippen LogP contribution is 2.35. The number of carbonyl (C=O) groups excluding carboxylic acids is 1. The Morgan fingerprint density at radius 3 is 2.50 bits per heavy atom. The number of hydrogen-bond donors (Lipinski definition) is 1. The summed E-state index contributed by atoms with van der Waals surface area (Å²) in [6.07, 6.45) is 4.72. The van der Waals surface area contributed by atoms with Crippen molar-refractivity contribution in [2.45, 2.75) is 37.0 Å². The summed E-state index contributed by atoms with van der Waals surface area (Å²) in [5, 5.41) is 0. The van der Waals surface area contributed by atoms with Crippen molar-refractivity contribution in [2.75, 3.05) is 16.2 Å². The highest BCUT2D eigenvalue weighted by atomic mass is 32.2. The minimum absolute atomic E-state index is 0.143. The van der Waals surface area contributed by atoms with E-state index in [1.807, 2.05) is 11.0 Å². The molecule has 0 unspecified atom stereocenters. The summed E-state index contributed by atoms with van der Waals surface area (Å²) in [5.74, 6) is 0.333. The van der Waals surface area contributed by atoms with E-state index in [1.54, 1.807) is 42.5 Å². The van der Waals surface area contributed by atoms with Crippen LogP contribution in [0, 0.1) is 5.92 Å². The molecule has 2 aromatic rings. The molecule has 2 aliphatic rings. The maximum Gasteiger partial charge on any atom is 0.261 e. The number of aryl methyl sites for hydroxylation is 1. The van der Waals surface area contributed by atoms with E-state index in [4.69, 9.17) is 0 Å². The van der Waals surface area contributed by atoms with Crippen molar-refractivity contribution >= 4 is 27.3 Å². The van der Waals surface area contributed by atoms with E-state index < -0.39 is 10.0 Å². The van der Waals surface area contributed by atoms with Gasteiger partial charge in [-0.05, 0) is 61.6 Å². The maximum absolute atomic E-state index is 12.7. The number of benzene rings is 2. The fourth-order valence-electron chi connectivity index (χ4n) is 3.57. The number of sulfonamides is 1. The molecule has 0 bridgehead atoms. The molecule has 136 valence electrons. The smallest absolute Gasteiger partial charge is 0.261 e. The van der Waals surface area contributed by atoms with E-state index in [0.29, 0.717) is 5.69 Å². The molecule has 0 spiro atoms. The predicted molar refractivity (Wildman–Crippen MR) is 102 cm³/mol. The van der Waals surface area contributed by atoms with E-state index in [9.17, 15) is 13.2 Å². The van der Waals surface area contributed by atoms with Crippen LogP contribution in [-0.4, -0.2) is 20.9 Å². The lowest BCUT2D eigenvalue weighted by Crippen LogP contribution is -2.41. The van der Waals surface area contributed by atoms with Crippen LogP contribution in [-0.2, 0) is 21.2 Å². The molecular formula is C20H22N2O3S. The van der Waals surface area contributed by atoms with E-state index in [2.05, 4.69) is 4.72 Å². The molecule has 0 saturated heterocycles. The molecule has 0 atom stereocenters. The Bertz CT molecular complexity index is 921. The van der Waals surface area contributed by atoms with Gasteiger partial charge in [0, 0.05) is 23.8 Å². The van der Waals surface area contributed by atoms with Crippen molar-refractivity contribution in [1.29, 1.82) is 0 Å². The first kappa shape index (κ1) is 17.1. The molecule has 6 heteroatoms. The van der Waals surface area contributed by atoms with Gasteiger partial charge in [0.2, 0.25) is 5.91 Å². The molecule has 1 heterocycles.